The Labute approximate surface area is 82.5 Å². The summed E-state index contributed by atoms with van der Waals surface area (Å²) < 4.78 is 4.59. The Hall–Kier alpha value is -0.940. The highest BCUT2D eigenvalue weighted by atomic mass is 16.6. The Morgan fingerprint density at radius 3 is 2.71 bits per heavy atom. The summed E-state index contributed by atoms with van der Waals surface area (Å²) >= 11 is 0. The summed E-state index contributed by atoms with van der Waals surface area (Å²) in [6.07, 6.45) is 3.26. The summed E-state index contributed by atoms with van der Waals surface area (Å²) in [6, 6.07) is 0. The van der Waals surface area contributed by atoms with Gasteiger partial charge in [-0.2, -0.15) is 0 Å². The van der Waals surface area contributed by atoms with Crippen molar-refractivity contribution < 1.29 is 9.74 Å². The predicted molar refractivity (Wildman–Crippen MR) is 49.5 cm³/mol. The fourth-order valence-electron chi connectivity index (χ4n) is 1.68. The van der Waals surface area contributed by atoms with Crippen molar-refractivity contribution >= 4 is 0 Å². The van der Waals surface area contributed by atoms with Gasteiger partial charge in [0.15, 0.2) is 0 Å². The van der Waals surface area contributed by atoms with Crippen LogP contribution in [0.15, 0.2) is 4.63 Å². The molecule has 0 aliphatic heterocycles. The van der Waals surface area contributed by atoms with Gasteiger partial charge in [0, 0.05) is 12.1 Å². The number of aromatic nitrogens is 2. The number of aliphatic hydroxyl groups excluding tert-OH is 1. The lowest BCUT2D eigenvalue weighted by molar-refractivity contribution is 0.0865. The molecule has 1 fully saturated rings. The van der Waals surface area contributed by atoms with E-state index in [4.69, 9.17) is 0 Å². The van der Waals surface area contributed by atoms with E-state index in [-0.39, 0.29) is 12.1 Å². The van der Waals surface area contributed by atoms with E-state index in [0.717, 1.165) is 24.2 Å². The predicted octanol–water partition coefficient (Wildman–Crippen LogP) is 0.383. The molecule has 0 aromatic carbocycles. The molecule has 0 saturated heterocycles. The van der Waals surface area contributed by atoms with Crippen LogP contribution in [-0.2, 0) is 6.54 Å². The molecule has 1 aliphatic rings. The summed E-state index contributed by atoms with van der Waals surface area (Å²) in [5, 5.41) is 20.0. The van der Waals surface area contributed by atoms with Crippen molar-refractivity contribution in [3.63, 3.8) is 0 Å². The van der Waals surface area contributed by atoms with Crippen LogP contribution in [0.5, 0.6) is 0 Å². The molecule has 0 amide bonds. The molecule has 1 heterocycles. The molecule has 0 radical (unpaired) electrons. The van der Waals surface area contributed by atoms with Gasteiger partial charge in [0.1, 0.15) is 11.4 Å². The smallest absolute Gasteiger partial charge is 0.121 e. The molecule has 0 atom stereocenters. The zero-order chi connectivity index (χ0) is 10.0. The van der Waals surface area contributed by atoms with Crippen LogP contribution in [0, 0.1) is 6.92 Å². The average molecular weight is 197 g/mol. The van der Waals surface area contributed by atoms with E-state index in [9.17, 15) is 5.11 Å². The standard InChI is InChI=1S/C9H15N3O2/c1-7-8(12-14-11-7)5-10-9(6-13)3-2-4-9/h10,13H,2-6H2,1H3. The topological polar surface area (TPSA) is 71.2 Å². The lowest BCUT2D eigenvalue weighted by atomic mass is 9.77. The second kappa shape index (κ2) is 3.67. The summed E-state index contributed by atoms with van der Waals surface area (Å²) in [7, 11) is 0. The van der Waals surface area contributed by atoms with Gasteiger partial charge >= 0.3 is 0 Å². The second-order valence-corrected chi connectivity index (χ2v) is 3.94. The third kappa shape index (κ3) is 1.65. The van der Waals surface area contributed by atoms with Crippen LogP contribution in [0.25, 0.3) is 0 Å². The van der Waals surface area contributed by atoms with Crippen LogP contribution in [0.1, 0.15) is 30.7 Å². The minimum Gasteiger partial charge on any atom is -0.394 e. The Morgan fingerprint density at radius 1 is 1.50 bits per heavy atom. The van der Waals surface area contributed by atoms with Crippen molar-refractivity contribution in [2.75, 3.05) is 6.61 Å². The van der Waals surface area contributed by atoms with Crippen LogP contribution < -0.4 is 5.32 Å². The van der Waals surface area contributed by atoms with Gasteiger partial charge in [-0.05, 0) is 26.2 Å². The Morgan fingerprint density at radius 2 is 2.29 bits per heavy atom. The quantitative estimate of drug-likeness (QED) is 0.730. The van der Waals surface area contributed by atoms with Gasteiger partial charge in [0.2, 0.25) is 0 Å². The third-order valence-electron chi connectivity index (χ3n) is 2.99. The van der Waals surface area contributed by atoms with E-state index in [2.05, 4.69) is 20.3 Å². The van der Waals surface area contributed by atoms with Crippen molar-refractivity contribution in [3.8, 4) is 0 Å². The Kier molecular flexibility index (Phi) is 2.52. The van der Waals surface area contributed by atoms with Crippen molar-refractivity contribution in [2.24, 2.45) is 0 Å². The van der Waals surface area contributed by atoms with E-state index >= 15 is 0 Å². The second-order valence-electron chi connectivity index (χ2n) is 3.94. The minimum atomic E-state index is -0.0780. The van der Waals surface area contributed by atoms with E-state index in [1.807, 2.05) is 6.92 Å². The molecule has 2 rings (SSSR count). The molecule has 5 nitrogen and oxygen atoms in total. The Balaban J connectivity index is 1.90. The number of rotatable bonds is 4. The summed E-state index contributed by atoms with van der Waals surface area (Å²) in [5.74, 6) is 0. The molecule has 1 aromatic heterocycles. The summed E-state index contributed by atoms with van der Waals surface area (Å²) in [5.41, 5.74) is 1.56. The van der Waals surface area contributed by atoms with E-state index in [0.29, 0.717) is 6.54 Å². The van der Waals surface area contributed by atoms with Crippen LogP contribution in [-0.4, -0.2) is 27.6 Å². The first-order chi connectivity index (χ1) is 6.76. The first kappa shape index (κ1) is 9.61. The van der Waals surface area contributed by atoms with Gasteiger partial charge < -0.3 is 10.4 Å². The Bertz CT molecular complexity index is 301. The van der Waals surface area contributed by atoms with Crippen molar-refractivity contribution in [3.05, 3.63) is 11.4 Å². The van der Waals surface area contributed by atoms with Crippen molar-refractivity contribution in [1.82, 2.24) is 15.6 Å². The molecule has 0 bridgehead atoms. The van der Waals surface area contributed by atoms with E-state index in [1.54, 1.807) is 0 Å². The summed E-state index contributed by atoms with van der Waals surface area (Å²) in [6.45, 7) is 2.67. The third-order valence-corrected chi connectivity index (χ3v) is 2.99. The molecule has 0 unspecified atom stereocenters. The number of nitrogens with one attached hydrogen (secondary N) is 1. The number of aliphatic hydroxyl groups is 1. The maximum absolute atomic E-state index is 9.21. The number of hydrogen-bond donors (Lipinski definition) is 2. The zero-order valence-corrected chi connectivity index (χ0v) is 8.29. The van der Waals surface area contributed by atoms with Gasteiger partial charge in [-0.15, -0.1) is 0 Å². The fourth-order valence-corrected chi connectivity index (χ4v) is 1.68. The molecule has 1 saturated carbocycles. The molecule has 78 valence electrons. The first-order valence-corrected chi connectivity index (χ1v) is 4.90. The molecular weight excluding hydrogens is 182 g/mol. The normalized spacial score (nSPS) is 19.3. The monoisotopic (exact) mass is 197 g/mol. The van der Waals surface area contributed by atoms with Crippen LogP contribution in [0.2, 0.25) is 0 Å². The maximum atomic E-state index is 9.21. The molecule has 14 heavy (non-hydrogen) atoms. The largest absolute Gasteiger partial charge is 0.394 e. The fraction of sp³-hybridized carbons (Fsp3) is 0.778. The molecule has 2 N–H and O–H groups in total. The maximum Gasteiger partial charge on any atom is 0.121 e. The minimum absolute atomic E-state index is 0.0780. The molecule has 0 spiro atoms. The van der Waals surface area contributed by atoms with Gasteiger partial charge in [-0.3, -0.25) is 0 Å². The van der Waals surface area contributed by atoms with Gasteiger partial charge in [-0.25, -0.2) is 4.63 Å². The zero-order valence-electron chi connectivity index (χ0n) is 8.29. The van der Waals surface area contributed by atoms with Crippen LogP contribution >= 0.6 is 0 Å². The average Bonchev–Trinajstić information content (AvgIpc) is 2.51. The first-order valence-electron chi connectivity index (χ1n) is 4.90. The van der Waals surface area contributed by atoms with Gasteiger partial charge in [0.25, 0.3) is 0 Å². The van der Waals surface area contributed by atoms with Gasteiger partial charge in [0.05, 0.1) is 6.61 Å². The summed E-state index contributed by atoms with van der Waals surface area (Å²) in [4.78, 5) is 0. The van der Waals surface area contributed by atoms with E-state index < -0.39 is 0 Å². The number of hydrogen-bond acceptors (Lipinski definition) is 5. The van der Waals surface area contributed by atoms with Crippen LogP contribution in [0.4, 0.5) is 0 Å². The van der Waals surface area contributed by atoms with Gasteiger partial charge in [-0.1, -0.05) is 10.3 Å². The highest BCUT2D eigenvalue weighted by Gasteiger charge is 2.35. The van der Waals surface area contributed by atoms with Crippen molar-refractivity contribution in [1.29, 1.82) is 0 Å². The number of aryl methyl sites for hydroxylation is 1. The van der Waals surface area contributed by atoms with Crippen molar-refractivity contribution in [2.45, 2.75) is 38.3 Å². The molecular formula is C9H15N3O2. The number of nitrogens with zero attached hydrogens (tertiary/aromatic N) is 2. The molecule has 1 aromatic rings. The lowest BCUT2D eigenvalue weighted by Crippen LogP contribution is -2.53. The van der Waals surface area contributed by atoms with E-state index in [1.165, 1.54) is 6.42 Å². The lowest BCUT2D eigenvalue weighted by Gasteiger charge is -2.41. The van der Waals surface area contributed by atoms with Crippen LogP contribution in [0.3, 0.4) is 0 Å². The highest BCUT2D eigenvalue weighted by Crippen LogP contribution is 2.31. The SMILES string of the molecule is Cc1nonc1CNC1(CO)CCC1. The molecule has 5 heteroatoms. The molecule has 1 aliphatic carbocycles. The highest BCUT2D eigenvalue weighted by molar-refractivity contribution is 5.06.